The minimum absolute atomic E-state index is 0.0350. The molecule has 0 aliphatic carbocycles. The van der Waals surface area contributed by atoms with Crippen LogP contribution in [0.25, 0.3) is 0 Å². The third kappa shape index (κ3) is 3.13. The van der Waals surface area contributed by atoms with Crippen molar-refractivity contribution in [1.82, 2.24) is 4.90 Å². The van der Waals surface area contributed by atoms with Crippen molar-refractivity contribution in [3.05, 3.63) is 0 Å². The molecule has 1 saturated heterocycles. The van der Waals surface area contributed by atoms with E-state index in [-0.39, 0.29) is 12.5 Å². The van der Waals surface area contributed by atoms with Gasteiger partial charge in [-0.15, -0.1) is 0 Å². The van der Waals surface area contributed by atoms with Crippen LogP contribution in [0.2, 0.25) is 0 Å². The van der Waals surface area contributed by atoms with Crippen LogP contribution in [0.3, 0.4) is 0 Å². The molecule has 1 fully saturated rings. The normalized spacial score (nSPS) is 29.0. The minimum atomic E-state index is -2.47. The fourth-order valence-electron chi connectivity index (χ4n) is 2.35. The highest BCUT2D eigenvalue weighted by Gasteiger charge is 2.44. The fraction of sp³-hybridized carbons (Fsp3) is 1.00. The van der Waals surface area contributed by atoms with Gasteiger partial charge in [0.2, 0.25) is 0 Å². The maximum absolute atomic E-state index is 13.8. The Morgan fingerprint density at radius 1 is 1.40 bits per heavy atom. The zero-order chi connectivity index (χ0) is 11.5. The zero-order valence-electron chi connectivity index (χ0n) is 10.1. The number of alkyl halides is 2. The molecule has 1 aliphatic heterocycles. The van der Waals surface area contributed by atoms with E-state index in [9.17, 15) is 8.78 Å². The Morgan fingerprint density at radius 3 is 2.53 bits per heavy atom. The Labute approximate surface area is 91.8 Å². The van der Waals surface area contributed by atoms with E-state index in [2.05, 4.69) is 6.92 Å². The molecule has 2 unspecified atom stereocenters. The van der Waals surface area contributed by atoms with Crippen molar-refractivity contribution in [2.24, 2.45) is 5.92 Å². The van der Waals surface area contributed by atoms with Crippen molar-refractivity contribution in [1.29, 1.82) is 0 Å². The average Bonchev–Trinajstić information content (AvgIpc) is 2.19. The SMILES string of the molecule is CCCC1CCN(C(C)CC)CC1(F)F. The second-order valence-electron chi connectivity index (χ2n) is 4.76. The van der Waals surface area contributed by atoms with Crippen molar-refractivity contribution in [3.8, 4) is 0 Å². The van der Waals surface area contributed by atoms with Crippen molar-refractivity contribution < 1.29 is 8.78 Å². The highest BCUT2D eigenvalue weighted by Crippen LogP contribution is 2.36. The second kappa shape index (κ2) is 5.24. The summed E-state index contributed by atoms with van der Waals surface area (Å²) < 4.78 is 27.5. The van der Waals surface area contributed by atoms with Gasteiger partial charge in [0.25, 0.3) is 5.92 Å². The Kier molecular flexibility index (Phi) is 4.50. The van der Waals surface area contributed by atoms with E-state index in [1.54, 1.807) is 0 Å². The number of hydrogen-bond donors (Lipinski definition) is 0. The average molecular weight is 219 g/mol. The second-order valence-corrected chi connectivity index (χ2v) is 4.76. The predicted octanol–water partition coefficient (Wildman–Crippen LogP) is 3.54. The van der Waals surface area contributed by atoms with Gasteiger partial charge in [-0.25, -0.2) is 8.78 Å². The van der Waals surface area contributed by atoms with E-state index >= 15 is 0 Å². The van der Waals surface area contributed by atoms with Crippen LogP contribution in [0.15, 0.2) is 0 Å². The minimum Gasteiger partial charge on any atom is -0.295 e. The quantitative estimate of drug-likeness (QED) is 0.699. The van der Waals surface area contributed by atoms with E-state index in [0.29, 0.717) is 18.9 Å². The highest BCUT2D eigenvalue weighted by atomic mass is 19.3. The van der Waals surface area contributed by atoms with Gasteiger partial charge in [0.1, 0.15) is 0 Å². The summed E-state index contributed by atoms with van der Waals surface area (Å²) in [7, 11) is 0. The first kappa shape index (κ1) is 12.9. The van der Waals surface area contributed by atoms with Crippen LogP contribution in [0.1, 0.15) is 46.5 Å². The summed E-state index contributed by atoms with van der Waals surface area (Å²) in [5, 5.41) is 0. The summed E-state index contributed by atoms with van der Waals surface area (Å²) in [6.45, 7) is 6.89. The van der Waals surface area contributed by atoms with Gasteiger partial charge in [-0.05, 0) is 32.7 Å². The molecule has 1 heterocycles. The molecule has 90 valence electrons. The molecule has 0 N–H and O–H groups in total. The molecule has 0 spiro atoms. The van der Waals surface area contributed by atoms with Crippen LogP contribution in [-0.2, 0) is 0 Å². The molecular weight excluding hydrogens is 196 g/mol. The predicted molar refractivity (Wildman–Crippen MR) is 59.3 cm³/mol. The maximum Gasteiger partial charge on any atom is 0.263 e. The first-order chi connectivity index (χ1) is 7.01. The zero-order valence-corrected chi connectivity index (χ0v) is 10.1. The molecule has 2 atom stereocenters. The van der Waals surface area contributed by atoms with Crippen LogP contribution >= 0.6 is 0 Å². The van der Waals surface area contributed by atoms with E-state index in [4.69, 9.17) is 0 Å². The number of piperidine rings is 1. The molecule has 1 aliphatic rings. The Balaban J connectivity index is 2.56. The number of hydrogen-bond acceptors (Lipinski definition) is 1. The van der Waals surface area contributed by atoms with Crippen LogP contribution < -0.4 is 0 Å². The van der Waals surface area contributed by atoms with E-state index in [1.165, 1.54) is 0 Å². The lowest BCUT2D eigenvalue weighted by molar-refractivity contribution is -0.120. The molecule has 3 heteroatoms. The monoisotopic (exact) mass is 219 g/mol. The Hall–Kier alpha value is -0.180. The van der Waals surface area contributed by atoms with Crippen LogP contribution in [0.4, 0.5) is 8.78 Å². The van der Waals surface area contributed by atoms with Crippen LogP contribution in [0.5, 0.6) is 0 Å². The van der Waals surface area contributed by atoms with E-state index in [1.807, 2.05) is 18.7 Å². The molecule has 0 bridgehead atoms. The smallest absolute Gasteiger partial charge is 0.263 e. The molecule has 0 saturated carbocycles. The molecular formula is C12H23F2N. The van der Waals surface area contributed by atoms with Crippen LogP contribution in [-0.4, -0.2) is 30.0 Å². The molecule has 1 rings (SSSR count). The van der Waals surface area contributed by atoms with E-state index < -0.39 is 5.92 Å². The van der Waals surface area contributed by atoms with Crippen molar-refractivity contribution >= 4 is 0 Å². The summed E-state index contributed by atoms with van der Waals surface area (Å²) >= 11 is 0. The first-order valence-corrected chi connectivity index (χ1v) is 6.13. The molecule has 15 heavy (non-hydrogen) atoms. The van der Waals surface area contributed by atoms with Crippen molar-refractivity contribution in [3.63, 3.8) is 0 Å². The molecule has 0 radical (unpaired) electrons. The van der Waals surface area contributed by atoms with Gasteiger partial charge in [0, 0.05) is 12.0 Å². The van der Waals surface area contributed by atoms with Gasteiger partial charge in [-0.3, -0.25) is 4.90 Å². The Bertz CT molecular complexity index is 194. The number of rotatable bonds is 4. The molecule has 0 aromatic heterocycles. The van der Waals surface area contributed by atoms with Gasteiger partial charge >= 0.3 is 0 Å². The largest absolute Gasteiger partial charge is 0.295 e. The van der Waals surface area contributed by atoms with Crippen LogP contribution in [0, 0.1) is 5.92 Å². The topological polar surface area (TPSA) is 3.24 Å². The van der Waals surface area contributed by atoms with E-state index in [0.717, 1.165) is 19.4 Å². The van der Waals surface area contributed by atoms with Crippen molar-refractivity contribution in [2.45, 2.75) is 58.4 Å². The maximum atomic E-state index is 13.8. The Morgan fingerprint density at radius 2 is 2.07 bits per heavy atom. The summed E-state index contributed by atoms with van der Waals surface area (Å²) in [5.41, 5.74) is 0. The lowest BCUT2D eigenvalue weighted by atomic mass is 9.88. The number of nitrogens with zero attached hydrogens (tertiary/aromatic N) is 1. The summed E-state index contributed by atoms with van der Waals surface area (Å²) in [5.74, 6) is -2.86. The van der Waals surface area contributed by atoms with Gasteiger partial charge < -0.3 is 0 Å². The number of halogens is 2. The molecule has 1 nitrogen and oxygen atoms in total. The first-order valence-electron chi connectivity index (χ1n) is 6.13. The van der Waals surface area contributed by atoms with Gasteiger partial charge in [0.15, 0.2) is 0 Å². The number of likely N-dealkylation sites (tertiary alicyclic amines) is 1. The summed E-state index contributed by atoms with van der Waals surface area (Å²) in [4.78, 5) is 1.94. The summed E-state index contributed by atoms with van der Waals surface area (Å²) in [6, 6.07) is 0.290. The summed E-state index contributed by atoms with van der Waals surface area (Å²) in [6.07, 6.45) is 3.14. The fourth-order valence-corrected chi connectivity index (χ4v) is 2.35. The highest BCUT2D eigenvalue weighted by molar-refractivity contribution is 4.87. The van der Waals surface area contributed by atoms with Gasteiger partial charge in [-0.1, -0.05) is 20.3 Å². The third-order valence-corrected chi connectivity index (χ3v) is 3.63. The van der Waals surface area contributed by atoms with Crippen molar-refractivity contribution in [2.75, 3.05) is 13.1 Å². The lowest BCUT2D eigenvalue weighted by Gasteiger charge is -2.41. The van der Waals surface area contributed by atoms with Gasteiger partial charge in [-0.2, -0.15) is 0 Å². The molecule has 0 aromatic rings. The van der Waals surface area contributed by atoms with Gasteiger partial charge in [0.05, 0.1) is 6.54 Å². The molecule has 0 aromatic carbocycles. The third-order valence-electron chi connectivity index (χ3n) is 3.63. The standard InChI is InChI=1S/C12H23F2N/c1-4-6-11-7-8-15(10(3)5-2)9-12(11,13)14/h10-11H,4-9H2,1-3H3. The lowest BCUT2D eigenvalue weighted by Crippen LogP contribution is -2.51. The molecule has 0 amide bonds.